The molecule has 0 spiro atoms. The van der Waals surface area contributed by atoms with Crippen molar-refractivity contribution < 1.29 is 9.53 Å². The van der Waals surface area contributed by atoms with E-state index in [1.807, 2.05) is 31.2 Å². The van der Waals surface area contributed by atoms with Gasteiger partial charge in [0.25, 0.3) is 5.91 Å². The summed E-state index contributed by atoms with van der Waals surface area (Å²) < 4.78 is 7.24. The summed E-state index contributed by atoms with van der Waals surface area (Å²) in [4.78, 5) is 29.2. The minimum atomic E-state index is -0.0416. The van der Waals surface area contributed by atoms with Crippen molar-refractivity contribution >= 4 is 55.5 Å². The number of carbonyl (C=O) groups excluding carboxylic acids is 1. The molecule has 10 heteroatoms. The third kappa shape index (κ3) is 4.83. The molecule has 1 saturated heterocycles. The summed E-state index contributed by atoms with van der Waals surface area (Å²) in [6.45, 7) is 10.0. The molecule has 0 aliphatic carbocycles. The first-order valence-electron chi connectivity index (χ1n) is 12.6. The Kier molecular flexibility index (Phi) is 6.17. The first-order chi connectivity index (χ1) is 17.8. The zero-order valence-corrected chi connectivity index (χ0v) is 22.7. The normalized spacial score (nSPS) is 19.8. The highest BCUT2D eigenvalue weighted by molar-refractivity contribution is 7.21. The van der Waals surface area contributed by atoms with Crippen LogP contribution in [0.4, 0.5) is 5.69 Å². The van der Waals surface area contributed by atoms with Crippen LogP contribution in [0.3, 0.4) is 0 Å². The number of piperidine rings is 1. The van der Waals surface area contributed by atoms with E-state index in [9.17, 15) is 4.79 Å². The van der Waals surface area contributed by atoms with Crippen LogP contribution in [0.5, 0.6) is 11.8 Å². The van der Waals surface area contributed by atoms with Crippen molar-refractivity contribution in [2.24, 2.45) is 5.41 Å². The Morgan fingerprint density at radius 1 is 1.24 bits per heavy atom. The molecule has 192 valence electrons. The number of halogens is 1. The molecule has 0 bridgehead atoms. The highest BCUT2D eigenvalue weighted by atomic mass is 35.5. The number of benzene rings is 1. The monoisotopic (exact) mass is 536 g/mol. The number of fused-ring (bicyclic) bond motifs is 5. The number of amides is 1. The third-order valence-electron chi connectivity index (χ3n) is 7.04. The second-order valence-corrected chi connectivity index (χ2v) is 12.2. The van der Waals surface area contributed by atoms with E-state index in [2.05, 4.69) is 39.3 Å². The van der Waals surface area contributed by atoms with Gasteiger partial charge in [0.1, 0.15) is 4.88 Å². The van der Waals surface area contributed by atoms with Gasteiger partial charge in [-0.1, -0.05) is 13.8 Å². The Morgan fingerprint density at radius 3 is 2.95 bits per heavy atom. The van der Waals surface area contributed by atoms with E-state index in [4.69, 9.17) is 21.3 Å². The van der Waals surface area contributed by atoms with Crippen LogP contribution >= 0.6 is 22.9 Å². The molecule has 5 heterocycles. The van der Waals surface area contributed by atoms with Gasteiger partial charge in [-0.15, -0.1) is 11.3 Å². The van der Waals surface area contributed by atoms with Gasteiger partial charge in [0.2, 0.25) is 17.0 Å². The Balaban J connectivity index is 1.33. The number of hydrogen-bond donors (Lipinski definition) is 2. The number of hydrogen-bond acceptors (Lipinski definition) is 8. The van der Waals surface area contributed by atoms with Crippen molar-refractivity contribution in [2.75, 3.05) is 25.0 Å². The van der Waals surface area contributed by atoms with Gasteiger partial charge in [0, 0.05) is 59.0 Å². The number of carbonyl (C=O) groups is 1. The fourth-order valence-electron chi connectivity index (χ4n) is 5.35. The second kappa shape index (κ2) is 9.38. The van der Waals surface area contributed by atoms with Crippen molar-refractivity contribution in [2.45, 2.75) is 46.2 Å². The fourth-order valence-corrected chi connectivity index (χ4v) is 6.57. The number of rotatable bonds is 4. The Bertz CT molecular complexity index is 1520. The number of ether oxygens (including phenoxy) is 1. The van der Waals surface area contributed by atoms with E-state index < -0.39 is 0 Å². The van der Waals surface area contributed by atoms with Crippen molar-refractivity contribution in [1.82, 2.24) is 25.2 Å². The molecule has 6 rings (SSSR count). The predicted molar refractivity (Wildman–Crippen MR) is 148 cm³/mol. The van der Waals surface area contributed by atoms with Gasteiger partial charge in [-0.05, 0) is 61.5 Å². The van der Waals surface area contributed by atoms with Crippen molar-refractivity contribution in [3.05, 3.63) is 46.2 Å². The van der Waals surface area contributed by atoms with Crippen LogP contribution in [0.1, 0.15) is 48.8 Å². The van der Waals surface area contributed by atoms with Crippen LogP contribution in [0, 0.1) is 5.41 Å². The Morgan fingerprint density at radius 2 is 2.11 bits per heavy atom. The molecule has 1 fully saturated rings. The minimum absolute atomic E-state index is 0.0416. The van der Waals surface area contributed by atoms with Crippen LogP contribution in [0.2, 0.25) is 5.28 Å². The number of pyridine rings is 1. The zero-order chi connectivity index (χ0) is 25.7. The average molecular weight is 537 g/mol. The van der Waals surface area contributed by atoms with Crippen LogP contribution in [0.25, 0.3) is 21.0 Å². The van der Waals surface area contributed by atoms with E-state index >= 15 is 0 Å². The van der Waals surface area contributed by atoms with E-state index in [0.717, 1.165) is 45.3 Å². The summed E-state index contributed by atoms with van der Waals surface area (Å²) in [7, 11) is 0. The molecule has 0 saturated carbocycles. The minimum Gasteiger partial charge on any atom is -0.420 e. The smallest absolute Gasteiger partial charge is 0.263 e. The molecule has 2 aliphatic rings. The quantitative estimate of drug-likeness (QED) is 0.316. The lowest BCUT2D eigenvalue weighted by Gasteiger charge is -2.38. The summed E-state index contributed by atoms with van der Waals surface area (Å²) >= 11 is 7.64. The van der Waals surface area contributed by atoms with Crippen LogP contribution in [-0.2, 0) is 6.54 Å². The average Bonchev–Trinajstić information content (AvgIpc) is 3.16. The van der Waals surface area contributed by atoms with E-state index in [1.165, 1.54) is 24.2 Å². The standard InChI is InChI=1S/C27H29ClN6O2S/c1-15-11-29-22-21-17-5-8-20(32-18(17)6-7-19(21)37-23(22)24(35)31-15)36-25-16(12-30-26(28)33-25)13-34-10-4-9-27(2,3)14-34/h5-8,12,15,29H,4,9-11,13-14H2,1-3H3,(H,31,35)/t15-/m1/s1. The molecule has 4 aromatic rings. The van der Waals surface area contributed by atoms with Crippen LogP contribution < -0.4 is 15.4 Å². The first-order valence-corrected chi connectivity index (χ1v) is 13.8. The lowest BCUT2D eigenvalue weighted by Crippen LogP contribution is -2.39. The van der Waals surface area contributed by atoms with Crippen LogP contribution in [0.15, 0.2) is 30.5 Å². The predicted octanol–water partition coefficient (Wildman–Crippen LogP) is 5.85. The molecule has 37 heavy (non-hydrogen) atoms. The van der Waals surface area contributed by atoms with Gasteiger partial charge in [-0.2, -0.15) is 4.98 Å². The Hall–Kier alpha value is -3.01. The SMILES string of the molecule is C[C@@H]1CNc2c(sc3ccc4nc(Oc5nc(Cl)ncc5CN5CCCC(C)(C)C5)ccc4c23)C(=O)N1. The summed E-state index contributed by atoms with van der Waals surface area (Å²) in [6, 6.07) is 7.87. The summed E-state index contributed by atoms with van der Waals surface area (Å²) in [5, 5.41) is 8.62. The number of anilines is 1. The van der Waals surface area contributed by atoms with Gasteiger partial charge in [0.05, 0.1) is 11.2 Å². The van der Waals surface area contributed by atoms with E-state index in [-0.39, 0.29) is 22.6 Å². The topological polar surface area (TPSA) is 92.3 Å². The Labute approximate surface area is 224 Å². The summed E-state index contributed by atoms with van der Waals surface area (Å²) in [5.74, 6) is 0.815. The summed E-state index contributed by atoms with van der Waals surface area (Å²) in [5.41, 5.74) is 2.82. The molecule has 1 amide bonds. The lowest BCUT2D eigenvalue weighted by molar-refractivity contribution is 0.0949. The summed E-state index contributed by atoms with van der Waals surface area (Å²) in [6.07, 6.45) is 4.14. The number of aromatic nitrogens is 3. The number of nitrogens with one attached hydrogen (secondary N) is 2. The first kappa shape index (κ1) is 24.3. The second-order valence-electron chi connectivity index (χ2n) is 10.8. The third-order valence-corrected chi connectivity index (χ3v) is 8.37. The molecule has 1 aromatic carbocycles. The van der Waals surface area contributed by atoms with Gasteiger partial charge in [-0.25, -0.2) is 9.97 Å². The molecule has 8 nitrogen and oxygen atoms in total. The number of thiophene rings is 1. The highest BCUT2D eigenvalue weighted by Crippen LogP contribution is 2.41. The maximum absolute atomic E-state index is 12.7. The number of likely N-dealkylation sites (tertiary alicyclic amines) is 1. The molecule has 0 unspecified atom stereocenters. The molecule has 2 N–H and O–H groups in total. The van der Waals surface area contributed by atoms with Crippen molar-refractivity contribution in [3.8, 4) is 11.8 Å². The van der Waals surface area contributed by atoms with E-state index in [1.54, 1.807) is 6.20 Å². The van der Waals surface area contributed by atoms with Gasteiger partial charge in [0.15, 0.2) is 0 Å². The number of nitrogens with zero attached hydrogens (tertiary/aromatic N) is 4. The molecule has 2 aliphatic heterocycles. The van der Waals surface area contributed by atoms with E-state index in [0.29, 0.717) is 29.7 Å². The zero-order valence-electron chi connectivity index (χ0n) is 21.1. The fraction of sp³-hybridized carbons (Fsp3) is 0.407. The molecular formula is C27H29ClN6O2S. The van der Waals surface area contributed by atoms with Gasteiger partial charge in [-0.3, -0.25) is 9.69 Å². The molecule has 3 aromatic heterocycles. The lowest BCUT2D eigenvalue weighted by atomic mass is 9.84. The van der Waals surface area contributed by atoms with Gasteiger partial charge >= 0.3 is 0 Å². The molecule has 1 atom stereocenters. The largest absolute Gasteiger partial charge is 0.420 e. The molecular weight excluding hydrogens is 508 g/mol. The van der Waals surface area contributed by atoms with Crippen molar-refractivity contribution in [1.29, 1.82) is 0 Å². The van der Waals surface area contributed by atoms with Crippen LogP contribution in [-0.4, -0.2) is 51.4 Å². The molecule has 0 radical (unpaired) electrons. The maximum Gasteiger partial charge on any atom is 0.263 e. The van der Waals surface area contributed by atoms with Gasteiger partial charge < -0.3 is 15.4 Å². The van der Waals surface area contributed by atoms with Crippen molar-refractivity contribution in [3.63, 3.8) is 0 Å². The highest BCUT2D eigenvalue weighted by Gasteiger charge is 2.28. The maximum atomic E-state index is 12.7.